The van der Waals surface area contributed by atoms with Crippen LogP contribution in [-0.4, -0.2) is 29.3 Å². The first kappa shape index (κ1) is 18.9. The van der Waals surface area contributed by atoms with Gasteiger partial charge in [0.1, 0.15) is 5.60 Å². The maximum absolute atomic E-state index is 11.7. The van der Waals surface area contributed by atoms with Crippen molar-refractivity contribution in [2.75, 3.05) is 6.54 Å². The Kier molecular flexibility index (Phi) is 7.82. The zero-order valence-corrected chi connectivity index (χ0v) is 15.2. The Morgan fingerprint density at radius 2 is 2.18 bits per heavy atom. The van der Waals surface area contributed by atoms with Crippen LogP contribution in [0.25, 0.3) is 0 Å². The molecule has 6 heteroatoms. The predicted octanol–water partition coefficient (Wildman–Crippen LogP) is 3.62. The normalized spacial score (nSPS) is 13.0. The summed E-state index contributed by atoms with van der Waals surface area (Å²) in [7, 11) is 0. The molecule has 1 amide bonds. The minimum Gasteiger partial charge on any atom is -0.444 e. The molecule has 1 heterocycles. The molecule has 1 unspecified atom stereocenters. The summed E-state index contributed by atoms with van der Waals surface area (Å²) in [5.74, 6) is 0. The van der Waals surface area contributed by atoms with Gasteiger partial charge < -0.3 is 15.4 Å². The maximum atomic E-state index is 11.7. The van der Waals surface area contributed by atoms with E-state index in [0.717, 1.165) is 36.5 Å². The van der Waals surface area contributed by atoms with Crippen LogP contribution < -0.4 is 10.6 Å². The minimum atomic E-state index is -0.464. The largest absolute Gasteiger partial charge is 0.444 e. The van der Waals surface area contributed by atoms with E-state index in [1.807, 2.05) is 27.7 Å². The summed E-state index contributed by atoms with van der Waals surface area (Å²) in [6, 6.07) is 0.231. The summed E-state index contributed by atoms with van der Waals surface area (Å²) in [6.45, 7) is 11.1. The molecule has 1 rings (SSSR count). The molecule has 0 spiro atoms. The Balaban J connectivity index is 2.41. The van der Waals surface area contributed by atoms with Crippen molar-refractivity contribution in [1.29, 1.82) is 0 Å². The molecule has 1 aromatic heterocycles. The molecule has 1 aromatic rings. The van der Waals surface area contributed by atoms with Crippen LogP contribution in [0.1, 0.15) is 57.7 Å². The topological polar surface area (TPSA) is 63.2 Å². The fraction of sp³-hybridized carbons (Fsp3) is 0.750. The number of aromatic nitrogens is 1. The number of carbonyl (C=O) groups is 1. The van der Waals surface area contributed by atoms with E-state index >= 15 is 0 Å². The van der Waals surface area contributed by atoms with Gasteiger partial charge in [-0.1, -0.05) is 19.8 Å². The van der Waals surface area contributed by atoms with Gasteiger partial charge in [0, 0.05) is 24.5 Å². The lowest BCUT2D eigenvalue weighted by Gasteiger charge is -2.22. The first-order valence-corrected chi connectivity index (χ1v) is 8.79. The molecule has 0 aliphatic heterocycles. The molecule has 126 valence electrons. The molecule has 1 atom stereocenters. The van der Waals surface area contributed by atoms with Crippen LogP contribution in [0.5, 0.6) is 0 Å². The number of unbranched alkanes of at least 4 members (excludes halogenated alkanes) is 1. The monoisotopic (exact) mass is 327 g/mol. The number of ether oxygens (including phenoxy) is 1. The fourth-order valence-electron chi connectivity index (χ4n) is 1.99. The third-order valence-corrected chi connectivity index (χ3v) is 3.86. The Morgan fingerprint density at radius 3 is 2.73 bits per heavy atom. The maximum Gasteiger partial charge on any atom is 0.407 e. The molecule has 0 bridgehead atoms. The van der Waals surface area contributed by atoms with E-state index in [0.29, 0.717) is 6.54 Å². The highest BCUT2D eigenvalue weighted by Gasteiger charge is 2.17. The van der Waals surface area contributed by atoms with Crippen molar-refractivity contribution in [3.8, 4) is 0 Å². The third-order valence-electron chi connectivity index (χ3n) is 3.04. The Labute approximate surface area is 137 Å². The number of hydrogen-bond donors (Lipinski definition) is 2. The van der Waals surface area contributed by atoms with Crippen LogP contribution in [0.3, 0.4) is 0 Å². The number of hydrogen-bond acceptors (Lipinski definition) is 5. The quantitative estimate of drug-likeness (QED) is 0.765. The predicted molar refractivity (Wildman–Crippen MR) is 91.2 cm³/mol. The summed E-state index contributed by atoms with van der Waals surface area (Å²) < 4.78 is 5.27. The van der Waals surface area contributed by atoms with E-state index in [9.17, 15) is 4.79 Å². The molecule has 0 aromatic carbocycles. The number of alkyl carbamates (subject to hydrolysis) is 1. The second-order valence-electron chi connectivity index (χ2n) is 6.46. The third kappa shape index (κ3) is 8.34. The summed E-state index contributed by atoms with van der Waals surface area (Å²) in [5.41, 5.74) is 0.593. The number of carbonyl (C=O) groups excluding carboxylic acids is 1. The van der Waals surface area contributed by atoms with Crippen LogP contribution in [0, 0.1) is 6.92 Å². The Bertz CT molecular complexity index is 454. The van der Waals surface area contributed by atoms with E-state index < -0.39 is 5.60 Å². The molecule has 0 radical (unpaired) electrons. The minimum absolute atomic E-state index is 0.231. The number of nitrogens with zero attached hydrogens (tertiary/aromatic N) is 1. The summed E-state index contributed by atoms with van der Waals surface area (Å²) in [6.07, 6.45) is 2.93. The van der Waals surface area contributed by atoms with E-state index in [-0.39, 0.29) is 12.1 Å². The van der Waals surface area contributed by atoms with Gasteiger partial charge in [0.15, 0.2) is 0 Å². The summed E-state index contributed by atoms with van der Waals surface area (Å²) in [5, 5.41) is 9.47. The van der Waals surface area contributed by atoms with Crippen molar-refractivity contribution in [2.24, 2.45) is 0 Å². The molecule has 0 saturated heterocycles. The zero-order chi connectivity index (χ0) is 16.6. The van der Waals surface area contributed by atoms with E-state index in [2.05, 4.69) is 27.9 Å². The van der Waals surface area contributed by atoms with Gasteiger partial charge in [-0.2, -0.15) is 0 Å². The molecular formula is C16H29N3O2S. The van der Waals surface area contributed by atoms with Crippen LogP contribution >= 0.6 is 11.3 Å². The molecule has 22 heavy (non-hydrogen) atoms. The molecule has 5 nitrogen and oxygen atoms in total. The van der Waals surface area contributed by atoms with Gasteiger partial charge in [0.2, 0.25) is 0 Å². The first-order chi connectivity index (χ1) is 10.3. The molecule has 0 aliphatic rings. The highest BCUT2D eigenvalue weighted by atomic mass is 32.1. The van der Waals surface area contributed by atoms with Crippen molar-refractivity contribution >= 4 is 17.4 Å². The number of aryl methyl sites for hydroxylation is 1. The number of nitrogens with one attached hydrogen (secondary N) is 2. The van der Waals surface area contributed by atoms with Crippen molar-refractivity contribution in [1.82, 2.24) is 15.6 Å². The van der Waals surface area contributed by atoms with Crippen LogP contribution in [-0.2, 0) is 11.3 Å². The van der Waals surface area contributed by atoms with Gasteiger partial charge in [-0.3, -0.25) is 0 Å². The van der Waals surface area contributed by atoms with Crippen LogP contribution in [0.4, 0.5) is 4.79 Å². The summed E-state index contributed by atoms with van der Waals surface area (Å²) in [4.78, 5) is 16.2. The van der Waals surface area contributed by atoms with Gasteiger partial charge in [-0.25, -0.2) is 9.78 Å². The van der Waals surface area contributed by atoms with Gasteiger partial charge in [0.25, 0.3) is 0 Å². The van der Waals surface area contributed by atoms with Gasteiger partial charge in [-0.05, 0) is 34.1 Å². The highest BCUT2D eigenvalue weighted by Crippen LogP contribution is 2.09. The van der Waals surface area contributed by atoms with E-state index in [1.54, 1.807) is 11.3 Å². The second kappa shape index (κ2) is 9.10. The van der Waals surface area contributed by atoms with Gasteiger partial charge in [-0.15, -0.1) is 11.3 Å². The number of thiazole rings is 1. The van der Waals surface area contributed by atoms with Crippen molar-refractivity contribution < 1.29 is 9.53 Å². The molecule has 2 N–H and O–H groups in total. The van der Waals surface area contributed by atoms with Crippen molar-refractivity contribution in [3.05, 3.63) is 16.1 Å². The standard InChI is InChI=1S/C16H29N3O2S/c1-6-7-8-13(9-18-15(20)21-16(3,4)5)17-10-14-11-22-12(2)19-14/h11,13,17H,6-10H2,1-5H3,(H,18,20). The average Bonchev–Trinajstić information content (AvgIpc) is 2.81. The lowest BCUT2D eigenvalue weighted by atomic mass is 10.1. The van der Waals surface area contributed by atoms with E-state index in [4.69, 9.17) is 4.74 Å². The molecular weight excluding hydrogens is 298 g/mol. The number of rotatable bonds is 8. The number of amides is 1. The van der Waals surface area contributed by atoms with Gasteiger partial charge in [0.05, 0.1) is 10.7 Å². The molecule has 0 aliphatic carbocycles. The van der Waals surface area contributed by atoms with E-state index in [1.165, 1.54) is 0 Å². The average molecular weight is 327 g/mol. The Hall–Kier alpha value is -1.14. The van der Waals surface area contributed by atoms with Crippen LogP contribution in [0.15, 0.2) is 5.38 Å². The highest BCUT2D eigenvalue weighted by molar-refractivity contribution is 7.09. The summed E-state index contributed by atoms with van der Waals surface area (Å²) >= 11 is 1.66. The van der Waals surface area contributed by atoms with Crippen LogP contribution in [0.2, 0.25) is 0 Å². The zero-order valence-electron chi connectivity index (χ0n) is 14.4. The second-order valence-corrected chi connectivity index (χ2v) is 7.52. The molecule has 0 saturated carbocycles. The van der Waals surface area contributed by atoms with Crippen molar-refractivity contribution in [2.45, 2.75) is 72.1 Å². The SMILES string of the molecule is CCCCC(CNC(=O)OC(C)(C)C)NCc1csc(C)n1. The fourth-order valence-corrected chi connectivity index (χ4v) is 2.60. The molecule has 0 fully saturated rings. The van der Waals surface area contributed by atoms with Crippen molar-refractivity contribution in [3.63, 3.8) is 0 Å². The lowest BCUT2D eigenvalue weighted by Crippen LogP contribution is -2.42. The van der Waals surface area contributed by atoms with Gasteiger partial charge >= 0.3 is 6.09 Å². The first-order valence-electron chi connectivity index (χ1n) is 7.91. The smallest absolute Gasteiger partial charge is 0.407 e. The Morgan fingerprint density at radius 1 is 1.45 bits per heavy atom. The lowest BCUT2D eigenvalue weighted by molar-refractivity contribution is 0.0521.